The molecule has 1 heterocycles. The van der Waals surface area contributed by atoms with Gasteiger partial charge in [-0.3, -0.25) is 0 Å². The average molecular weight is 410 g/mol. The molecule has 0 saturated heterocycles. The standard InChI is InChI=1S/C31H23N/c1-2-14-27(15-3-1)32-28-16-8-12-25(21-28)30-18-6-4-10-23(30)20-24-11-5-7-19-31(24)26-13-9-17-29(32)22-26/h1-19,21-22H,20H2. The van der Waals surface area contributed by atoms with Gasteiger partial charge in [-0.15, -0.1) is 0 Å². The molecule has 5 aromatic carbocycles. The Morgan fingerprint density at radius 3 is 1.44 bits per heavy atom. The van der Waals surface area contributed by atoms with E-state index in [1.54, 1.807) is 0 Å². The molecule has 152 valence electrons. The van der Waals surface area contributed by atoms with E-state index in [4.69, 9.17) is 0 Å². The lowest BCUT2D eigenvalue weighted by molar-refractivity contribution is 1.19. The van der Waals surface area contributed by atoms with Crippen LogP contribution in [0.2, 0.25) is 0 Å². The smallest absolute Gasteiger partial charge is 0.0467 e. The zero-order valence-electron chi connectivity index (χ0n) is 17.8. The summed E-state index contributed by atoms with van der Waals surface area (Å²) in [5, 5.41) is 0. The first-order valence-corrected chi connectivity index (χ1v) is 11.1. The van der Waals surface area contributed by atoms with Gasteiger partial charge in [0.05, 0.1) is 0 Å². The zero-order valence-corrected chi connectivity index (χ0v) is 17.8. The Hall–Kier alpha value is -4.10. The average Bonchev–Trinajstić information content (AvgIpc) is 2.86. The Bertz CT molecular complexity index is 1310. The molecule has 1 heteroatoms. The monoisotopic (exact) mass is 409 g/mol. The van der Waals surface area contributed by atoms with Crippen molar-refractivity contribution in [3.63, 3.8) is 0 Å². The van der Waals surface area contributed by atoms with Crippen LogP contribution >= 0.6 is 0 Å². The zero-order chi connectivity index (χ0) is 21.3. The van der Waals surface area contributed by atoms with E-state index in [0.717, 1.165) is 23.5 Å². The highest BCUT2D eigenvalue weighted by atomic mass is 15.1. The highest BCUT2D eigenvalue weighted by Gasteiger charge is 2.17. The molecule has 0 atom stereocenters. The summed E-state index contributed by atoms with van der Waals surface area (Å²) < 4.78 is 0. The van der Waals surface area contributed by atoms with Gasteiger partial charge in [0, 0.05) is 17.1 Å². The van der Waals surface area contributed by atoms with Gasteiger partial charge in [0.15, 0.2) is 0 Å². The number of para-hydroxylation sites is 1. The van der Waals surface area contributed by atoms with Gasteiger partial charge in [-0.25, -0.2) is 0 Å². The van der Waals surface area contributed by atoms with E-state index in [-0.39, 0.29) is 0 Å². The van der Waals surface area contributed by atoms with Crippen molar-refractivity contribution in [3.05, 3.63) is 139 Å². The third-order valence-electron chi connectivity index (χ3n) is 6.26. The van der Waals surface area contributed by atoms with Crippen LogP contribution in [0.15, 0.2) is 127 Å². The van der Waals surface area contributed by atoms with Crippen LogP contribution < -0.4 is 4.90 Å². The van der Waals surface area contributed by atoms with Crippen molar-refractivity contribution in [2.24, 2.45) is 0 Å². The predicted molar refractivity (Wildman–Crippen MR) is 135 cm³/mol. The summed E-state index contributed by atoms with van der Waals surface area (Å²) in [6.45, 7) is 0. The van der Waals surface area contributed by atoms with Gasteiger partial charge in [-0.1, -0.05) is 91.0 Å². The summed E-state index contributed by atoms with van der Waals surface area (Å²) in [6, 6.07) is 46.0. The fourth-order valence-corrected chi connectivity index (χ4v) is 4.77. The van der Waals surface area contributed by atoms with E-state index < -0.39 is 0 Å². The van der Waals surface area contributed by atoms with Gasteiger partial charge in [-0.05, 0) is 76.2 Å². The van der Waals surface area contributed by atoms with Crippen molar-refractivity contribution in [2.75, 3.05) is 4.90 Å². The summed E-state index contributed by atoms with van der Waals surface area (Å²) in [5.41, 5.74) is 11.2. The second kappa shape index (κ2) is 7.86. The van der Waals surface area contributed by atoms with Gasteiger partial charge in [-0.2, -0.15) is 0 Å². The van der Waals surface area contributed by atoms with Crippen LogP contribution in [0.3, 0.4) is 0 Å². The lowest BCUT2D eigenvalue weighted by Gasteiger charge is -2.27. The molecular formula is C31H23N. The van der Waals surface area contributed by atoms with Crippen LogP contribution in [0.25, 0.3) is 22.3 Å². The summed E-state index contributed by atoms with van der Waals surface area (Å²) in [6.07, 6.45) is 0.906. The third-order valence-corrected chi connectivity index (χ3v) is 6.26. The van der Waals surface area contributed by atoms with Gasteiger partial charge in [0.1, 0.15) is 0 Å². The quantitative estimate of drug-likeness (QED) is 0.263. The molecule has 4 bridgehead atoms. The summed E-state index contributed by atoms with van der Waals surface area (Å²) in [4.78, 5) is 2.35. The number of anilines is 3. The molecule has 1 aliphatic rings. The van der Waals surface area contributed by atoms with E-state index in [1.807, 2.05) is 0 Å². The summed E-state index contributed by atoms with van der Waals surface area (Å²) in [5.74, 6) is 0. The Morgan fingerprint density at radius 1 is 0.406 bits per heavy atom. The molecule has 32 heavy (non-hydrogen) atoms. The van der Waals surface area contributed by atoms with E-state index in [2.05, 4.69) is 132 Å². The normalized spacial score (nSPS) is 12.2. The predicted octanol–water partition coefficient (Wildman–Crippen LogP) is 8.39. The molecule has 0 aliphatic carbocycles. The number of benzene rings is 5. The van der Waals surface area contributed by atoms with Crippen LogP contribution in [0, 0.1) is 0 Å². The van der Waals surface area contributed by atoms with Gasteiger partial charge in [0.2, 0.25) is 0 Å². The van der Waals surface area contributed by atoms with Crippen molar-refractivity contribution < 1.29 is 0 Å². The van der Waals surface area contributed by atoms with Crippen LogP contribution in [0.1, 0.15) is 11.1 Å². The van der Waals surface area contributed by atoms with Crippen molar-refractivity contribution in [3.8, 4) is 22.3 Å². The van der Waals surface area contributed by atoms with Gasteiger partial charge in [0.25, 0.3) is 0 Å². The largest absolute Gasteiger partial charge is 0.310 e. The molecule has 5 aromatic rings. The molecule has 1 aliphatic heterocycles. The molecule has 1 nitrogen and oxygen atoms in total. The molecule has 6 rings (SSSR count). The van der Waals surface area contributed by atoms with Crippen molar-refractivity contribution in [1.29, 1.82) is 0 Å². The minimum Gasteiger partial charge on any atom is -0.310 e. The fourth-order valence-electron chi connectivity index (χ4n) is 4.77. The molecule has 0 N–H and O–H groups in total. The number of fused-ring (bicyclic) bond motifs is 8. The Morgan fingerprint density at radius 2 is 0.875 bits per heavy atom. The number of nitrogens with zero attached hydrogens (tertiary/aromatic N) is 1. The van der Waals surface area contributed by atoms with E-state index in [1.165, 1.54) is 33.4 Å². The van der Waals surface area contributed by atoms with E-state index in [9.17, 15) is 0 Å². The Kier molecular flexibility index (Phi) is 4.58. The van der Waals surface area contributed by atoms with Crippen molar-refractivity contribution in [1.82, 2.24) is 0 Å². The molecule has 0 fully saturated rings. The number of rotatable bonds is 1. The van der Waals surface area contributed by atoms with E-state index in [0.29, 0.717) is 0 Å². The maximum Gasteiger partial charge on any atom is 0.0467 e. The molecule has 0 unspecified atom stereocenters. The van der Waals surface area contributed by atoms with Crippen molar-refractivity contribution >= 4 is 17.1 Å². The topological polar surface area (TPSA) is 3.24 Å². The van der Waals surface area contributed by atoms with Crippen LogP contribution in [0.4, 0.5) is 17.1 Å². The summed E-state index contributed by atoms with van der Waals surface area (Å²) in [7, 11) is 0. The minimum absolute atomic E-state index is 0.906. The molecule has 0 saturated carbocycles. The molecular weight excluding hydrogens is 386 g/mol. The highest BCUT2D eigenvalue weighted by molar-refractivity contribution is 5.83. The Balaban J connectivity index is 1.68. The minimum atomic E-state index is 0.906. The number of hydrogen-bond acceptors (Lipinski definition) is 1. The fraction of sp³-hybridized carbons (Fsp3) is 0.0323. The first-order chi connectivity index (χ1) is 15.9. The van der Waals surface area contributed by atoms with Crippen LogP contribution in [-0.4, -0.2) is 0 Å². The Labute approximate surface area is 189 Å². The lowest BCUT2D eigenvalue weighted by atomic mass is 9.90. The van der Waals surface area contributed by atoms with Gasteiger partial charge < -0.3 is 4.90 Å². The van der Waals surface area contributed by atoms with Crippen LogP contribution in [-0.2, 0) is 6.42 Å². The first-order valence-electron chi connectivity index (χ1n) is 11.1. The molecule has 0 radical (unpaired) electrons. The second-order valence-corrected chi connectivity index (χ2v) is 8.26. The van der Waals surface area contributed by atoms with Gasteiger partial charge >= 0.3 is 0 Å². The maximum atomic E-state index is 2.35. The summed E-state index contributed by atoms with van der Waals surface area (Å²) >= 11 is 0. The SMILES string of the molecule is c1ccc(N2c3cccc(c3)-c3ccccc3Cc3ccccc3-c3cccc2c3)cc1. The third kappa shape index (κ3) is 3.29. The highest BCUT2D eigenvalue weighted by Crippen LogP contribution is 2.40. The molecule has 0 spiro atoms. The molecule has 0 amide bonds. The second-order valence-electron chi connectivity index (χ2n) is 8.26. The molecule has 0 aromatic heterocycles. The van der Waals surface area contributed by atoms with Crippen LogP contribution in [0.5, 0.6) is 0 Å². The maximum absolute atomic E-state index is 2.35. The first kappa shape index (κ1) is 18.7. The van der Waals surface area contributed by atoms with Crippen molar-refractivity contribution in [2.45, 2.75) is 6.42 Å². The number of hydrogen-bond donors (Lipinski definition) is 0. The van der Waals surface area contributed by atoms with E-state index >= 15 is 0 Å². The lowest BCUT2D eigenvalue weighted by Crippen LogP contribution is -2.10.